The molecule has 1 N–H and O–H groups in total. The standard InChI is InChI=1S/C26H27FN4OS/c1-18-2-5-24(21(27)14-18)32-13-7-20-6-8-29-23-15-25(33-26(20)23)22-4-3-19(16-30-22)17-31-11-9-28-10-12-31/h2-6,8,14-16,28H,7,9-13,17H2,1H3. The predicted octanol–water partition coefficient (Wildman–Crippen LogP) is 4.83. The number of piperazine rings is 1. The molecule has 1 aliphatic rings. The van der Waals surface area contributed by atoms with E-state index < -0.39 is 0 Å². The van der Waals surface area contributed by atoms with E-state index in [1.807, 2.05) is 31.5 Å². The summed E-state index contributed by atoms with van der Waals surface area (Å²) in [5.74, 6) is -0.0253. The summed E-state index contributed by atoms with van der Waals surface area (Å²) in [6, 6.07) is 13.4. The molecule has 1 aliphatic heterocycles. The summed E-state index contributed by atoms with van der Waals surface area (Å²) in [6.45, 7) is 7.46. The molecule has 4 heterocycles. The third kappa shape index (κ3) is 5.21. The Morgan fingerprint density at radius 3 is 2.76 bits per heavy atom. The zero-order valence-corrected chi connectivity index (χ0v) is 19.5. The van der Waals surface area contributed by atoms with E-state index in [2.05, 4.69) is 33.4 Å². The minimum Gasteiger partial charge on any atom is -0.490 e. The molecule has 0 amide bonds. The number of aryl methyl sites for hydroxylation is 1. The van der Waals surface area contributed by atoms with E-state index in [4.69, 9.17) is 9.72 Å². The lowest BCUT2D eigenvalue weighted by Gasteiger charge is -2.27. The number of aromatic nitrogens is 2. The summed E-state index contributed by atoms with van der Waals surface area (Å²) in [5.41, 5.74) is 5.19. The molecule has 1 saturated heterocycles. The van der Waals surface area contributed by atoms with Crippen LogP contribution in [0.1, 0.15) is 16.7 Å². The molecule has 1 aromatic carbocycles. The van der Waals surface area contributed by atoms with Crippen molar-refractivity contribution in [3.63, 3.8) is 0 Å². The Hall–Kier alpha value is -2.87. The van der Waals surface area contributed by atoms with Crippen LogP contribution in [0.3, 0.4) is 0 Å². The topological polar surface area (TPSA) is 50.3 Å². The molecule has 170 valence electrons. The fraction of sp³-hybridized carbons (Fsp3) is 0.308. The lowest BCUT2D eigenvalue weighted by molar-refractivity contribution is 0.233. The summed E-state index contributed by atoms with van der Waals surface area (Å²) in [7, 11) is 0. The third-order valence-electron chi connectivity index (χ3n) is 5.90. The number of nitrogens with zero attached hydrogens (tertiary/aromatic N) is 3. The van der Waals surface area contributed by atoms with Crippen LogP contribution < -0.4 is 10.1 Å². The van der Waals surface area contributed by atoms with Crippen molar-refractivity contribution in [2.45, 2.75) is 19.9 Å². The minimum atomic E-state index is -0.320. The van der Waals surface area contributed by atoms with E-state index >= 15 is 0 Å². The van der Waals surface area contributed by atoms with Crippen LogP contribution in [0.25, 0.3) is 20.8 Å². The first-order chi connectivity index (χ1) is 16.2. The molecular formula is C26H27FN4OS. The summed E-state index contributed by atoms with van der Waals surface area (Å²) in [5, 5.41) is 3.39. The number of pyridine rings is 2. The number of rotatable bonds is 7. The van der Waals surface area contributed by atoms with Crippen molar-refractivity contribution in [1.82, 2.24) is 20.2 Å². The number of nitrogens with one attached hydrogen (secondary N) is 1. The average Bonchev–Trinajstić information content (AvgIpc) is 3.27. The van der Waals surface area contributed by atoms with Crippen LogP contribution >= 0.6 is 11.3 Å². The van der Waals surface area contributed by atoms with Gasteiger partial charge in [0.15, 0.2) is 11.6 Å². The van der Waals surface area contributed by atoms with E-state index in [0.29, 0.717) is 18.8 Å². The van der Waals surface area contributed by atoms with Crippen molar-refractivity contribution in [3.8, 4) is 16.3 Å². The molecule has 4 aromatic rings. The van der Waals surface area contributed by atoms with E-state index in [9.17, 15) is 4.39 Å². The van der Waals surface area contributed by atoms with E-state index in [-0.39, 0.29) is 5.82 Å². The first kappa shape index (κ1) is 21.9. The highest BCUT2D eigenvalue weighted by Crippen LogP contribution is 2.34. The summed E-state index contributed by atoms with van der Waals surface area (Å²) in [4.78, 5) is 12.8. The maximum atomic E-state index is 14.0. The third-order valence-corrected chi connectivity index (χ3v) is 7.13. The fourth-order valence-electron chi connectivity index (χ4n) is 4.10. The summed E-state index contributed by atoms with van der Waals surface area (Å²) in [6.07, 6.45) is 4.49. The first-order valence-corrected chi connectivity index (χ1v) is 12.1. The molecule has 0 bridgehead atoms. The van der Waals surface area contributed by atoms with Gasteiger partial charge in [0.2, 0.25) is 0 Å². The fourth-order valence-corrected chi connectivity index (χ4v) is 5.23. The number of halogens is 1. The number of benzene rings is 1. The van der Waals surface area contributed by atoms with Crippen molar-refractivity contribution in [1.29, 1.82) is 0 Å². The molecule has 1 fully saturated rings. The van der Waals surface area contributed by atoms with Gasteiger partial charge in [0, 0.05) is 51.5 Å². The van der Waals surface area contributed by atoms with Crippen LogP contribution in [0.2, 0.25) is 0 Å². The number of hydrogen-bond acceptors (Lipinski definition) is 6. The Morgan fingerprint density at radius 2 is 1.97 bits per heavy atom. The lowest BCUT2D eigenvalue weighted by Crippen LogP contribution is -2.42. The van der Waals surface area contributed by atoms with Gasteiger partial charge in [-0.15, -0.1) is 11.3 Å². The molecule has 3 aromatic heterocycles. The van der Waals surface area contributed by atoms with Gasteiger partial charge >= 0.3 is 0 Å². The average molecular weight is 463 g/mol. The zero-order valence-electron chi connectivity index (χ0n) is 18.7. The Morgan fingerprint density at radius 1 is 1.09 bits per heavy atom. The van der Waals surface area contributed by atoms with Crippen molar-refractivity contribution < 1.29 is 9.13 Å². The van der Waals surface area contributed by atoms with Gasteiger partial charge in [-0.3, -0.25) is 14.9 Å². The van der Waals surface area contributed by atoms with Crippen molar-refractivity contribution in [3.05, 3.63) is 77.4 Å². The summed E-state index contributed by atoms with van der Waals surface area (Å²) < 4.78 is 20.9. The SMILES string of the molecule is Cc1ccc(OCCc2ccnc3cc(-c4ccc(CN5CCNCC5)cn4)sc23)c(F)c1. The largest absolute Gasteiger partial charge is 0.490 e. The zero-order chi connectivity index (χ0) is 22.6. The van der Waals surface area contributed by atoms with Crippen molar-refractivity contribution in [2.75, 3.05) is 32.8 Å². The van der Waals surface area contributed by atoms with Gasteiger partial charge in [-0.1, -0.05) is 12.1 Å². The van der Waals surface area contributed by atoms with Gasteiger partial charge in [0.1, 0.15) is 0 Å². The quantitative estimate of drug-likeness (QED) is 0.426. The molecule has 7 heteroatoms. The van der Waals surface area contributed by atoms with Crippen molar-refractivity contribution in [2.24, 2.45) is 0 Å². The normalized spacial score (nSPS) is 14.6. The van der Waals surface area contributed by atoms with Crippen LogP contribution in [0.4, 0.5) is 4.39 Å². The van der Waals surface area contributed by atoms with Crippen LogP contribution in [-0.2, 0) is 13.0 Å². The van der Waals surface area contributed by atoms with Gasteiger partial charge in [-0.25, -0.2) is 4.39 Å². The van der Waals surface area contributed by atoms with Gasteiger partial charge < -0.3 is 10.1 Å². The van der Waals surface area contributed by atoms with E-state index in [1.54, 1.807) is 17.4 Å². The van der Waals surface area contributed by atoms with Crippen LogP contribution in [0, 0.1) is 12.7 Å². The van der Waals surface area contributed by atoms with Crippen LogP contribution in [-0.4, -0.2) is 47.7 Å². The second-order valence-electron chi connectivity index (χ2n) is 8.41. The molecule has 33 heavy (non-hydrogen) atoms. The molecule has 5 nitrogen and oxygen atoms in total. The van der Waals surface area contributed by atoms with Crippen LogP contribution in [0.5, 0.6) is 5.75 Å². The monoisotopic (exact) mass is 462 g/mol. The molecule has 0 atom stereocenters. The minimum absolute atomic E-state index is 0.294. The van der Waals surface area contributed by atoms with Gasteiger partial charge in [-0.05, 0) is 53.9 Å². The van der Waals surface area contributed by atoms with E-state index in [1.165, 1.54) is 11.6 Å². The molecule has 0 spiro atoms. The second-order valence-corrected chi connectivity index (χ2v) is 9.46. The van der Waals surface area contributed by atoms with Crippen LogP contribution in [0.15, 0.2) is 54.9 Å². The van der Waals surface area contributed by atoms with Gasteiger partial charge in [0.05, 0.1) is 27.4 Å². The second kappa shape index (κ2) is 9.95. The maximum Gasteiger partial charge on any atom is 0.165 e. The van der Waals surface area contributed by atoms with Gasteiger partial charge in [-0.2, -0.15) is 0 Å². The smallest absolute Gasteiger partial charge is 0.165 e. The molecule has 5 rings (SSSR count). The Kier molecular flexibility index (Phi) is 6.62. The first-order valence-electron chi connectivity index (χ1n) is 11.3. The maximum absolute atomic E-state index is 14.0. The highest BCUT2D eigenvalue weighted by atomic mass is 32.1. The van der Waals surface area contributed by atoms with E-state index in [0.717, 1.165) is 64.6 Å². The molecular weight excluding hydrogens is 435 g/mol. The molecule has 0 aliphatic carbocycles. The Bertz CT molecular complexity index is 1240. The number of fused-ring (bicyclic) bond motifs is 1. The lowest BCUT2D eigenvalue weighted by atomic mass is 10.2. The number of thiophene rings is 1. The molecule has 0 radical (unpaired) electrons. The summed E-state index contributed by atoms with van der Waals surface area (Å²) >= 11 is 1.70. The Labute approximate surface area is 197 Å². The molecule has 0 unspecified atom stereocenters. The highest BCUT2D eigenvalue weighted by Gasteiger charge is 2.13. The van der Waals surface area contributed by atoms with Crippen molar-refractivity contribution >= 4 is 21.6 Å². The highest BCUT2D eigenvalue weighted by molar-refractivity contribution is 7.22. The number of ether oxygens (including phenoxy) is 1. The predicted molar refractivity (Wildman–Crippen MR) is 131 cm³/mol. The Balaban J connectivity index is 1.28. The number of hydrogen-bond donors (Lipinski definition) is 1. The molecule has 0 saturated carbocycles. The van der Waals surface area contributed by atoms with Gasteiger partial charge in [0.25, 0.3) is 0 Å².